The number of hydrogen-bond donors (Lipinski definition) is 1. The predicted octanol–water partition coefficient (Wildman–Crippen LogP) is 2.96. The summed E-state index contributed by atoms with van der Waals surface area (Å²) >= 11 is 0. The minimum atomic E-state index is 0.398. The Morgan fingerprint density at radius 1 is 1.17 bits per heavy atom. The van der Waals surface area contributed by atoms with E-state index < -0.39 is 0 Å². The molecule has 1 nitrogen and oxygen atoms in total. The second-order valence-corrected chi connectivity index (χ2v) is 4.05. The van der Waals surface area contributed by atoms with Crippen LogP contribution in [0, 0.1) is 6.92 Å². The average molecular weight is 161 g/mol. The topological polar surface area (TPSA) is 12.0 Å². The number of hydrogen-bond acceptors (Lipinski definition) is 1. The molecule has 1 fully saturated rings. The SMILES string of the molecule is Cc1ccc(NC2(C)CC2)cc1. The van der Waals surface area contributed by atoms with Crippen LogP contribution in [0.3, 0.4) is 0 Å². The molecule has 0 aliphatic heterocycles. The summed E-state index contributed by atoms with van der Waals surface area (Å²) < 4.78 is 0. The third-order valence-corrected chi connectivity index (χ3v) is 2.50. The number of nitrogens with one attached hydrogen (secondary N) is 1. The van der Waals surface area contributed by atoms with Gasteiger partial charge in [-0.1, -0.05) is 17.7 Å². The van der Waals surface area contributed by atoms with Gasteiger partial charge in [-0.05, 0) is 38.8 Å². The van der Waals surface area contributed by atoms with Crippen molar-refractivity contribution >= 4 is 5.69 Å². The normalized spacial score (nSPS) is 18.8. The van der Waals surface area contributed by atoms with Crippen LogP contribution < -0.4 is 5.32 Å². The second-order valence-electron chi connectivity index (χ2n) is 4.05. The lowest BCUT2D eigenvalue weighted by molar-refractivity contribution is 0.829. The minimum absolute atomic E-state index is 0.398. The maximum atomic E-state index is 3.52. The van der Waals surface area contributed by atoms with Crippen molar-refractivity contribution < 1.29 is 0 Å². The zero-order valence-corrected chi connectivity index (χ0v) is 7.72. The Hall–Kier alpha value is -0.980. The van der Waals surface area contributed by atoms with E-state index in [-0.39, 0.29) is 0 Å². The summed E-state index contributed by atoms with van der Waals surface area (Å²) in [6.45, 7) is 4.38. The first-order valence-electron chi connectivity index (χ1n) is 4.53. The molecular weight excluding hydrogens is 146 g/mol. The molecule has 64 valence electrons. The summed E-state index contributed by atoms with van der Waals surface area (Å²) in [5, 5.41) is 3.52. The molecule has 0 unspecified atom stereocenters. The fourth-order valence-corrected chi connectivity index (χ4v) is 1.30. The highest BCUT2D eigenvalue weighted by Crippen LogP contribution is 2.37. The summed E-state index contributed by atoms with van der Waals surface area (Å²) in [7, 11) is 0. The minimum Gasteiger partial charge on any atom is -0.380 e. The maximum absolute atomic E-state index is 3.52. The van der Waals surface area contributed by atoms with Crippen LogP contribution in [0.2, 0.25) is 0 Å². The van der Waals surface area contributed by atoms with E-state index in [1.807, 2.05) is 0 Å². The van der Waals surface area contributed by atoms with Crippen molar-refractivity contribution in [1.82, 2.24) is 0 Å². The molecule has 1 aliphatic rings. The first-order chi connectivity index (χ1) is 5.68. The molecule has 0 amide bonds. The van der Waals surface area contributed by atoms with Crippen molar-refractivity contribution in [3.8, 4) is 0 Å². The van der Waals surface area contributed by atoms with Gasteiger partial charge in [0.1, 0.15) is 0 Å². The summed E-state index contributed by atoms with van der Waals surface area (Å²) in [5.74, 6) is 0. The van der Waals surface area contributed by atoms with E-state index in [0.717, 1.165) is 0 Å². The van der Waals surface area contributed by atoms with Crippen LogP contribution in [0.5, 0.6) is 0 Å². The van der Waals surface area contributed by atoms with Gasteiger partial charge in [-0.15, -0.1) is 0 Å². The van der Waals surface area contributed by atoms with Crippen molar-refractivity contribution in [1.29, 1.82) is 0 Å². The molecule has 0 spiro atoms. The summed E-state index contributed by atoms with van der Waals surface area (Å²) in [6.07, 6.45) is 2.61. The lowest BCUT2D eigenvalue weighted by Crippen LogP contribution is -2.15. The van der Waals surface area contributed by atoms with Gasteiger partial charge < -0.3 is 5.32 Å². The van der Waals surface area contributed by atoms with Gasteiger partial charge >= 0.3 is 0 Å². The van der Waals surface area contributed by atoms with E-state index in [9.17, 15) is 0 Å². The van der Waals surface area contributed by atoms with E-state index in [2.05, 4.69) is 43.4 Å². The van der Waals surface area contributed by atoms with Gasteiger partial charge in [0, 0.05) is 11.2 Å². The second kappa shape index (κ2) is 2.51. The van der Waals surface area contributed by atoms with Crippen molar-refractivity contribution in [3.63, 3.8) is 0 Å². The molecule has 0 bridgehead atoms. The fraction of sp³-hybridized carbons (Fsp3) is 0.455. The highest BCUT2D eigenvalue weighted by molar-refractivity contribution is 5.47. The summed E-state index contributed by atoms with van der Waals surface area (Å²) in [6, 6.07) is 8.60. The number of benzene rings is 1. The van der Waals surface area contributed by atoms with Gasteiger partial charge in [0.2, 0.25) is 0 Å². The molecule has 0 atom stereocenters. The molecule has 0 aromatic heterocycles. The van der Waals surface area contributed by atoms with Crippen molar-refractivity contribution in [3.05, 3.63) is 29.8 Å². The highest BCUT2D eigenvalue weighted by Gasteiger charge is 2.36. The summed E-state index contributed by atoms with van der Waals surface area (Å²) in [4.78, 5) is 0. The monoisotopic (exact) mass is 161 g/mol. The number of anilines is 1. The van der Waals surface area contributed by atoms with E-state index in [4.69, 9.17) is 0 Å². The summed E-state index contributed by atoms with van der Waals surface area (Å²) in [5.41, 5.74) is 2.97. The Morgan fingerprint density at radius 3 is 2.25 bits per heavy atom. The van der Waals surface area contributed by atoms with Gasteiger partial charge in [-0.2, -0.15) is 0 Å². The molecule has 1 aromatic rings. The molecule has 1 N–H and O–H groups in total. The molecule has 1 aliphatic carbocycles. The third-order valence-electron chi connectivity index (χ3n) is 2.50. The third kappa shape index (κ3) is 1.60. The zero-order valence-electron chi connectivity index (χ0n) is 7.72. The highest BCUT2D eigenvalue weighted by atomic mass is 15.0. The van der Waals surface area contributed by atoms with E-state index in [0.29, 0.717) is 5.54 Å². The largest absolute Gasteiger partial charge is 0.380 e. The van der Waals surface area contributed by atoms with E-state index in [1.54, 1.807) is 0 Å². The number of aryl methyl sites for hydroxylation is 1. The molecule has 0 saturated heterocycles. The van der Waals surface area contributed by atoms with Crippen LogP contribution in [-0.4, -0.2) is 5.54 Å². The molecular formula is C11H15N. The average Bonchev–Trinajstić information content (AvgIpc) is 2.74. The van der Waals surface area contributed by atoms with Gasteiger partial charge in [0.15, 0.2) is 0 Å². The van der Waals surface area contributed by atoms with Crippen molar-refractivity contribution in [2.24, 2.45) is 0 Å². The van der Waals surface area contributed by atoms with E-state index in [1.165, 1.54) is 24.1 Å². The van der Waals surface area contributed by atoms with Gasteiger partial charge in [-0.3, -0.25) is 0 Å². The zero-order chi connectivity index (χ0) is 8.60. The first kappa shape index (κ1) is 7.66. The van der Waals surface area contributed by atoms with Crippen LogP contribution in [0.15, 0.2) is 24.3 Å². The van der Waals surface area contributed by atoms with Crippen LogP contribution in [0.1, 0.15) is 25.3 Å². The molecule has 0 radical (unpaired) electrons. The van der Waals surface area contributed by atoms with Gasteiger partial charge in [0.05, 0.1) is 0 Å². The molecule has 2 rings (SSSR count). The Kier molecular flexibility index (Phi) is 1.60. The standard InChI is InChI=1S/C11H15N/c1-9-3-5-10(6-4-9)12-11(2)7-8-11/h3-6,12H,7-8H2,1-2H3. The van der Waals surface area contributed by atoms with Gasteiger partial charge in [-0.25, -0.2) is 0 Å². The fourth-order valence-electron chi connectivity index (χ4n) is 1.30. The predicted molar refractivity (Wildman–Crippen MR) is 52.4 cm³/mol. The lowest BCUT2D eigenvalue weighted by Gasteiger charge is -2.12. The first-order valence-corrected chi connectivity index (χ1v) is 4.53. The Labute approximate surface area is 73.8 Å². The smallest absolute Gasteiger partial charge is 0.0347 e. The molecule has 0 heterocycles. The van der Waals surface area contributed by atoms with Crippen LogP contribution >= 0.6 is 0 Å². The molecule has 1 aromatic carbocycles. The Balaban J connectivity index is 2.08. The Morgan fingerprint density at radius 2 is 1.75 bits per heavy atom. The van der Waals surface area contributed by atoms with Gasteiger partial charge in [0.25, 0.3) is 0 Å². The van der Waals surface area contributed by atoms with Crippen molar-refractivity contribution in [2.45, 2.75) is 32.2 Å². The number of rotatable bonds is 2. The van der Waals surface area contributed by atoms with E-state index >= 15 is 0 Å². The Bertz CT molecular complexity index is 270. The molecule has 1 heteroatoms. The van der Waals surface area contributed by atoms with Crippen LogP contribution in [-0.2, 0) is 0 Å². The van der Waals surface area contributed by atoms with Crippen LogP contribution in [0.25, 0.3) is 0 Å². The maximum Gasteiger partial charge on any atom is 0.0347 e. The molecule has 12 heavy (non-hydrogen) atoms. The van der Waals surface area contributed by atoms with Crippen molar-refractivity contribution in [2.75, 3.05) is 5.32 Å². The van der Waals surface area contributed by atoms with Crippen LogP contribution in [0.4, 0.5) is 5.69 Å². The quantitative estimate of drug-likeness (QED) is 0.703. The molecule has 1 saturated carbocycles. The lowest BCUT2D eigenvalue weighted by atomic mass is 10.2.